The van der Waals surface area contributed by atoms with Gasteiger partial charge in [-0.05, 0) is 61.6 Å². The third kappa shape index (κ3) is 6.37. The van der Waals surface area contributed by atoms with Gasteiger partial charge in [-0.15, -0.1) is 0 Å². The monoisotopic (exact) mass is 567 g/mol. The molecule has 2 aromatic rings. The predicted octanol–water partition coefficient (Wildman–Crippen LogP) is 3.61. The Kier molecular flexibility index (Phi) is 8.13. The van der Waals surface area contributed by atoms with Crippen LogP contribution in [0.5, 0.6) is 5.88 Å². The normalized spacial score (nSPS) is 21.5. The van der Waals surface area contributed by atoms with Crippen molar-refractivity contribution in [3.8, 4) is 5.88 Å². The minimum atomic E-state index is -4.66. The van der Waals surface area contributed by atoms with Crippen LogP contribution in [0.25, 0.3) is 5.57 Å². The number of hydrogen-bond donors (Lipinski definition) is 2. The first-order valence-electron chi connectivity index (χ1n) is 13.1. The van der Waals surface area contributed by atoms with E-state index < -0.39 is 33.7 Å². The van der Waals surface area contributed by atoms with Gasteiger partial charge in [-0.2, -0.15) is 22.5 Å². The number of anilines is 1. The van der Waals surface area contributed by atoms with E-state index in [0.717, 1.165) is 30.6 Å². The number of nitrogens with one attached hydrogen (secondary N) is 2. The average Bonchev–Trinajstić information content (AvgIpc) is 3.42. The maximum atomic E-state index is 13.5. The first-order chi connectivity index (χ1) is 18.6. The van der Waals surface area contributed by atoms with Gasteiger partial charge in [0.05, 0.1) is 18.1 Å². The van der Waals surface area contributed by atoms with Crippen molar-refractivity contribution in [3.05, 3.63) is 47.2 Å². The van der Waals surface area contributed by atoms with Crippen LogP contribution in [-0.2, 0) is 20.9 Å². The summed E-state index contributed by atoms with van der Waals surface area (Å²) in [6.45, 7) is 4.78. The molecule has 212 valence electrons. The summed E-state index contributed by atoms with van der Waals surface area (Å²) in [5, 5.41) is 6.33. The molecule has 0 bridgehead atoms. The molecule has 3 aliphatic heterocycles. The zero-order chi connectivity index (χ0) is 27.6. The average molecular weight is 568 g/mol. The molecule has 0 amide bonds. The Morgan fingerprint density at radius 2 is 2.00 bits per heavy atom. The zero-order valence-electron chi connectivity index (χ0n) is 21.6. The van der Waals surface area contributed by atoms with Gasteiger partial charge in [0, 0.05) is 38.3 Å². The summed E-state index contributed by atoms with van der Waals surface area (Å²) in [4.78, 5) is 8.12. The van der Waals surface area contributed by atoms with Crippen LogP contribution < -0.4 is 15.4 Å². The maximum absolute atomic E-state index is 13.5. The third-order valence-electron chi connectivity index (χ3n) is 7.26. The molecule has 2 saturated heterocycles. The lowest BCUT2D eigenvalue weighted by atomic mass is 9.96. The number of hydrogen-bond acceptors (Lipinski definition) is 8. The lowest BCUT2D eigenvalue weighted by molar-refractivity contribution is -0.139. The van der Waals surface area contributed by atoms with E-state index in [9.17, 15) is 21.6 Å². The molecular weight excluding hydrogens is 535 g/mol. The number of sulfonamides is 1. The van der Waals surface area contributed by atoms with Gasteiger partial charge < -0.3 is 20.1 Å². The van der Waals surface area contributed by atoms with Gasteiger partial charge in [-0.25, -0.2) is 13.4 Å². The van der Waals surface area contributed by atoms with Crippen molar-refractivity contribution in [1.82, 2.24) is 19.6 Å². The van der Waals surface area contributed by atoms with E-state index in [2.05, 4.69) is 26.7 Å². The molecule has 0 radical (unpaired) electrons. The van der Waals surface area contributed by atoms with Crippen LogP contribution >= 0.6 is 0 Å². The van der Waals surface area contributed by atoms with Gasteiger partial charge in [0.2, 0.25) is 21.9 Å². The number of nitrogens with zero attached hydrogens (tertiary/aromatic N) is 3. The number of benzene rings is 1. The topological polar surface area (TPSA) is 106 Å². The van der Waals surface area contributed by atoms with Gasteiger partial charge in [-0.3, -0.25) is 0 Å². The molecular formula is C26H32F3N5O4S. The van der Waals surface area contributed by atoms with Crippen molar-refractivity contribution in [1.29, 1.82) is 0 Å². The van der Waals surface area contributed by atoms with E-state index in [-0.39, 0.29) is 36.6 Å². The lowest BCUT2D eigenvalue weighted by Gasteiger charge is -2.32. The number of aromatic nitrogens is 2. The van der Waals surface area contributed by atoms with E-state index in [0.29, 0.717) is 32.1 Å². The second-order valence-electron chi connectivity index (χ2n) is 10.00. The third-order valence-corrected chi connectivity index (χ3v) is 9.15. The van der Waals surface area contributed by atoms with Gasteiger partial charge in [0.1, 0.15) is 11.7 Å². The van der Waals surface area contributed by atoms with E-state index in [1.807, 2.05) is 13.0 Å². The summed E-state index contributed by atoms with van der Waals surface area (Å²) < 4.78 is 79.3. The van der Waals surface area contributed by atoms with E-state index in [4.69, 9.17) is 9.47 Å². The summed E-state index contributed by atoms with van der Waals surface area (Å²) in [6.07, 6.45) is -0.0269. The fraction of sp³-hybridized carbons (Fsp3) is 0.538. The number of piperidine rings is 1. The van der Waals surface area contributed by atoms with Crippen LogP contribution in [0.2, 0.25) is 0 Å². The molecule has 1 atom stereocenters. The molecule has 0 aliphatic carbocycles. The van der Waals surface area contributed by atoms with Crippen LogP contribution in [-0.4, -0.2) is 74.2 Å². The molecule has 0 saturated carbocycles. The summed E-state index contributed by atoms with van der Waals surface area (Å²) in [5.74, 6) is -0.522. The first kappa shape index (κ1) is 27.8. The number of halogens is 3. The highest BCUT2D eigenvalue weighted by Gasteiger charge is 2.38. The molecule has 2 N–H and O–H groups in total. The molecule has 4 heterocycles. The Bertz CT molecular complexity index is 1320. The predicted molar refractivity (Wildman–Crippen MR) is 139 cm³/mol. The molecule has 2 fully saturated rings. The maximum Gasteiger partial charge on any atom is 0.423 e. The SMILES string of the molecule is Cc1cc(S(=O)(=O)N2CCC(Nc3ncc(C(F)(F)F)c(O[C@H]4CCOC4)n3)CC2)ccc1C1=CCNCC1. The highest BCUT2D eigenvalue weighted by atomic mass is 32.2. The van der Waals surface area contributed by atoms with Crippen molar-refractivity contribution in [2.24, 2.45) is 0 Å². The summed E-state index contributed by atoms with van der Waals surface area (Å²) >= 11 is 0. The van der Waals surface area contributed by atoms with E-state index >= 15 is 0 Å². The van der Waals surface area contributed by atoms with Gasteiger partial charge in [0.15, 0.2) is 0 Å². The van der Waals surface area contributed by atoms with Gasteiger partial charge >= 0.3 is 6.18 Å². The Hall–Kier alpha value is -2.74. The molecule has 0 spiro atoms. The van der Waals surface area contributed by atoms with Crippen LogP contribution in [0, 0.1) is 6.92 Å². The van der Waals surface area contributed by atoms with Gasteiger partial charge in [0.25, 0.3) is 0 Å². The van der Waals surface area contributed by atoms with Crippen LogP contribution in [0.15, 0.2) is 35.4 Å². The van der Waals surface area contributed by atoms with Crippen molar-refractivity contribution in [2.45, 2.75) is 55.8 Å². The molecule has 5 rings (SSSR count). The molecule has 39 heavy (non-hydrogen) atoms. The minimum Gasteiger partial charge on any atom is -0.471 e. The lowest BCUT2D eigenvalue weighted by Crippen LogP contribution is -2.42. The smallest absolute Gasteiger partial charge is 0.423 e. The Balaban J connectivity index is 1.23. The van der Waals surface area contributed by atoms with Crippen molar-refractivity contribution in [3.63, 3.8) is 0 Å². The molecule has 1 aromatic carbocycles. The quantitative estimate of drug-likeness (QED) is 0.523. The number of alkyl halides is 3. The summed E-state index contributed by atoms with van der Waals surface area (Å²) in [7, 11) is -3.68. The number of rotatable bonds is 7. The van der Waals surface area contributed by atoms with E-state index in [1.165, 1.54) is 9.88 Å². The summed E-state index contributed by atoms with van der Waals surface area (Å²) in [6, 6.07) is 5.07. The number of aryl methyl sites for hydroxylation is 1. The first-order valence-corrected chi connectivity index (χ1v) is 14.5. The van der Waals surface area contributed by atoms with Crippen LogP contribution in [0.4, 0.5) is 19.1 Å². The second-order valence-corrected chi connectivity index (χ2v) is 11.9. The van der Waals surface area contributed by atoms with Crippen molar-refractivity contribution < 1.29 is 31.1 Å². The van der Waals surface area contributed by atoms with Crippen LogP contribution in [0.3, 0.4) is 0 Å². The Labute approximate surface area is 225 Å². The molecule has 3 aliphatic rings. The molecule has 0 unspecified atom stereocenters. The van der Waals surface area contributed by atoms with Gasteiger partial charge in [-0.1, -0.05) is 12.1 Å². The fourth-order valence-electron chi connectivity index (χ4n) is 5.08. The molecule has 13 heteroatoms. The Morgan fingerprint density at radius 1 is 1.21 bits per heavy atom. The number of ether oxygens (including phenoxy) is 2. The fourth-order valence-corrected chi connectivity index (χ4v) is 6.64. The Morgan fingerprint density at radius 3 is 2.64 bits per heavy atom. The van der Waals surface area contributed by atoms with Crippen molar-refractivity contribution >= 4 is 21.5 Å². The van der Waals surface area contributed by atoms with Crippen molar-refractivity contribution in [2.75, 3.05) is 44.7 Å². The minimum absolute atomic E-state index is 0.0108. The molecule has 9 nitrogen and oxygen atoms in total. The molecule has 1 aromatic heterocycles. The largest absolute Gasteiger partial charge is 0.471 e. The zero-order valence-corrected chi connectivity index (χ0v) is 22.4. The highest BCUT2D eigenvalue weighted by Crippen LogP contribution is 2.36. The highest BCUT2D eigenvalue weighted by molar-refractivity contribution is 7.89. The van der Waals surface area contributed by atoms with Crippen LogP contribution in [0.1, 0.15) is 42.4 Å². The second kappa shape index (κ2) is 11.4. The summed E-state index contributed by atoms with van der Waals surface area (Å²) in [5.41, 5.74) is 2.16. The standard InChI is InChI=1S/C26H32F3N5O4S/c1-17-14-21(2-3-22(17)18-4-9-30-10-5-18)39(35,36)34-11-6-19(7-12-34)32-25-31-15-23(26(27,28)29)24(33-25)38-20-8-13-37-16-20/h2-4,14-15,19-20,30H,5-13,16H2,1H3,(H,31,32,33)/t20-/m0/s1. The van der Waals surface area contributed by atoms with E-state index in [1.54, 1.807) is 12.1 Å².